The smallest absolute Gasteiger partial charge is 0.0178 e. The van der Waals surface area contributed by atoms with Gasteiger partial charge in [-0.05, 0) is 43.6 Å². The van der Waals surface area contributed by atoms with E-state index in [0.717, 1.165) is 28.2 Å². The lowest BCUT2D eigenvalue weighted by Gasteiger charge is -2.42. The summed E-state index contributed by atoms with van der Waals surface area (Å²) in [6, 6.07) is 0. The van der Waals surface area contributed by atoms with Gasteiger partial charge in [0.1, 0.15) is 0 Å². The average Bonchev–Trinajstić information content (AvgIpc) is 2.12. The van der Waals surface area contributed by atoms with Crippen molar-refractivity contribution in [1.29, 1.82) is 0 Å². The third-order valence-electron chi connectivity index (χ3n) is 3.66. The molecule has 0 radical (unpaired) electrons. The first-order valence-corrected chi connectivity index (χ1v) is 6.40. The maximum absolute atomic E-state index is 5.79. The minimum atomic E-state index is 0.828. The van der Waals surface area contributed by atoms with Crippen LogP contribution in [-0.2, 0) is 0 Å². The molecule has 2 heteroatoms. The van der Waals surface area contributed by atoms with E-state index in [4.69, 9.17) is 5.73 Å². The normalized spacial score (nSPS) is 47.5. The fourth-order valence-electron chi connectivity index (χ4n) is 3.01. The summed E-state index contributed by atoms with van der Waals surface area (Å²) in [6.07, 6.45) is 7.35. The van der Waals surface area contributed by atoms with Crippen molar-refractivity contribution in [2.24, 2.45) is 23.5 Å². The van der Waals surface area contributed by atoms with Crippen molar-refractivity contribution < 1.29 is 0 Å². The number of halogens is 1. The fourth-order valence-corrected chi connectivity index (χ4v) is 4.25. The Balaban J connectivity index is 2.03. The Morgan fingerprint density at radius 3 is 2.83 bits per heavy atom. The van der Waals surface area contributed by atoms with Gasteiger partial charge in [-0.2, -0.15) is 0 Å². The first kappa shape index (κ1) is 9.25. The highest BCUT2D eigenvalue weighted by atomic mass is 127. The number of hydrogen-bond acceptors (Lipinski definition) is 1. The van der Waals surface area contributed by atoms with Crippen molar-refractivity contribution in [1.82, 2.24) is 0 Å². The van der Waals surface area contributed by atoms with E-state index >= 15 is 0 Å². The van der Waals surface area contributed by atoms with Gasteiger partial charge in [-0.3, -0.25) is 0 Å². The average molecular weight is 279 g/mol. The molecule has 2 aliphatic carbocycles. The van der Waals surface area contributed by atoms with Crippen LogP contribution in [0, 0.1) is 17.8 Å². The minimum Gasteiger partial charge on any atom is -0.330 e. The Bertz CT molecular complexity index is 158. The zero-order valence-electron chi connectivity index (χ0n) is 7.51. The van der Waals surface area contributed by atoms with Gasteiger partial charge in [-0.15, -0.1) is 0 Å². The highest BCUT2D eigenvalue weighted by Gasteiger charge is 2.37. The number of rotatable bonds is 1. The Morgan fingerprint density at radius 1 is 1.25 bits per heavy atom. The molecular formula is C10H18IN. The van der Waals surface area contributed by atoms with Gasteiger partial charge in [0.2, 0.25) is 0 Å². The molecule has 2 saturated carbocycles. The van der Waals surface area contributed by atoms with Crippen LogP contribution in [0.2, 0.25) is 0 Å². The Kier molecular flexibility index (Phi) is 2.95. The molecule has 70 valence electrons. The molecule has 2 aliphatic rings. The van der Waals surface area contributed by atoms with E-state index in [1.807, 2.05) is 0 Å². The van der Waals surface area contributed by atoms with E-state index in [1.165, 1.54) is 32.1 Å². The molecular weight excluding hydrogens is 261 g/mol. The van der Waals surface area contributed by atoms with Crippen molar-refractivity contribution in [2.75, 3.05) is 6.54 Å². The molecule has 0 aromatic heterocycles. The molecule has 2 bridgehead atoms. The molecule has 1 nitrogen and oxygen atoms in total. The number of alkyl halides is 1. The van der Waals surface area contributed by atoms with E-state index in [1.54, 1.807) is 0 Å². The summed E-state index contributed by atoms with van der Waals surface area (Å²) in [6.45, 7) is 0.917. The Labute approximate surface area is 88.6 Å². The first-order chi connectivity index (χ1) is 5.81. The summed E-state index contributed by atoms with van der Waals surface area (Å²) in [5, 5.41) is 0. The third kappa shape index (κ3) is 1.65. The summed E-state index contributed by atoms with van der Waals surface area (Å²) >= 11 is 2.64. The summed E-state index contributed by atoms with van der Waals surface area (Å²) in [4.78, 5) is 0. The largest absolute Gasteiger partial charge is 0.330 e. The van der Waals surface area contributed by atoms with Crippen molar-refractivity contribution in [3.63, 3.8) is 0 Å². The molecule has 0 spiro atoms. The van der Waals surface area contributed by atoms with Crippen LogP contribution in [-0.4, -0.2) is 10.5 Å². The van der Waals surface area contributed by atoms with Gasteiger partial charge in [0.05, 0.1) is 0 Å². The number of fused-ring (bicyclic) bond motifs is 2. The maximum Gasteiger partial charge on any atom is 0.0178 e. The van der Waals surface area contributed by atoms with E-state index in [9.17, 15) is 0 Å². The van der Waals surface area contributed by atoms with Crippen LogP contribution in [0.15, 0.2) is 0 Å². The molecule has 0 aromatic rings. The molecule has 4 atom stereocenters. The van der Waals surface area contributed by atoms with Gasteiger partial charge >= 0.3 is 0 Å². The molecule has 0 saturated heterocycles. The van der Waals surface area contributed by atoms with E-state index in [-0.39, 0.29) is 0 Å². The molecule has 12 heavy (non-hydrogen) atoms. The van der Waals surface area contributed by atoms with Gasteiger partial charge in [0.15, 0.2) is 0 Å². The number of hydrogen-bond donors (Lipinski definition) is 1. The van der Waals surface area contributed by atoms with E-state index < -0.39 is 0 Å². The zero-order chi connectivity index (χ0) is 8.55. The summed E-state index contributed by atoms with van der Waals surface area (Å²) in [7, 11) is 0. The van der Waals surface area contributed by atoms with Gasteiger partial charge in [-0.25, -0.2) is 0 Å². The van der Waals surface area contributed by atoms with Gasteiger partial charge < -0.3 is 5.73 Å². The second-order valence-corrected chi connectivity index (χ2v) is 5.91. The summed E-state index contributed by atoms with van der Waals surface area (Å²) in [5.41, 5.74) is 5.79. The van der Waals surface area contributed by atoms with Crippen LogP contribution in [0.5, 0.6) is 0 Å². The highest BCUT2D eigenvalue weighted by Crippen LogP contribution is 2.45. The standard InChI is InChI=1S/C10H18IN/c11-10-8-3-1-2-7(4-8)5-9(10)6-12/h7-10H,1-6,12H2/t7?,8?,9-,10?/m1/s1. The quantitative estimate of drug-likeness (QED) is 0.579. The molecule has 2 fully saturated rings. The van der Waals surface area contributed by atoms with Crippen molar-refractivity contribution >= 4 is 22.6 Å². The molecule has 0 amide bonds. The topological polar surface area (TPSA) is 26.0 Å². The predicted octanol–water partition coefficient (Wildman–Crippen LogP) is 2.58. The van der Waals surface area contributed by atoms with Crippen LogP contribution in [0.3, 0.4) is 0 Å². The van der Waals surface area contributed by atoms with Crippen LogP contribution < -0.4 is 5.73 Å². The zero-order valence-corrected chi connectivity index (χ0v) is 9.66. The second kappa shape index (κ2) is 3.82. The lowest BCUT2D eigenvalue weighted by molar-refractivity contribution is 0.156. The monoisotopic (exact) mass is 279 g/mol. The molecule has 0 aromatic carbocycles. The van der Waals surface area contributed by atoms with Crippen molar-refractivity contribution in [2.45, 2.75) is 36.0 Å². The maximum atomic E-state index is 5.79. The van der Waals surface area contributed by atoms with Crippen LogP contribution in [0.4, 0.5) is 0 Å². The van der Waals surface area contributed by atoms with Gasteiger partial charge in [0.25, 0.3) is 0 Å². The molecule has 0 heterocycles. The van der Waals surface area contributed by atoms with E-state index in [0.29, 0.717) is 0 Å². The van der Waals surface area contributed by atoms with Gasteiger partial charge in [0, 0.05) is 3.92 Å². The Hall–Kier alpha value is 0.690. The van der Waals surface area contributed by atoms with Crippen LogP contribution in [0.25, 0.3) is 0 Å². The molecule has 2 N–H and O–H groups in total. The molecule has 2 rings (SSSR count). The van der Waals surface area contributed by atoms with Crippen LogP contribution >= 0.6 is 22.6 Å². The second-order valence-electron chi connectivity index (χ2n) is 4.47. The van der Waals surface area contributed by atoms with Crippen LogP contribution in [0.1, 0.15) is 32.1 Å². The predicted molar refractivity (Wildman–Crippen MR) is 60.4 cm³/mol. The highest BCUT2D eigenvalue weighted by molar-refractivity contribution is 14.1. The molecule has 0 aliphatic heterocycles. The van der Waals surface area contributed by atoms with E-state index in [2.05, 4.69) is 22.6 Å². The minimum absolute atomic E-state index is 0.828. The lowest BCUT2D eigenvalue weighted by atomic mass is 9.68. The van der Waals surface area contributed by atoms with Crippen molar-refractivity contribution in [3.05, 3.63) is 0 Å². The number of nitrogens with two attached hydrogens (primary N) is 1. The van der Waals surface area contributed by atoms with Crippen molar-refractivity contribution in [3.8, 4) is 0 Å². The lowest BCUT2D eigenvalue weighted by Crippen LogP contribution is -2.39. The van der Waals surface area contributed by atoms with Gasteiger partial charge in [-0.1, -0.05) is 35.4 Å². The first-order valence-electron chi connectivity index (χ1n) is 5.15. The third-order valence-corrected chi connectivity index (χ3v) is 5.70. The SMILES string of the molecule is NC[C@H]1CC2CCCC(C2)C1I. The summed E-state index contributed by atoms with van der Waals surface area (Å²) < 4.78 is 0.879. The molecule has 3 unspecified atom stereocenters. The fraction of sp³-hybridized carbons (Fsp3) is 1.00. The summed E-state index contributed by atoms with van der Waals surface area (Å²) in [5.74, 6) is 2.87. The Morgan fingerprint density at radius 2 is 2.08 bits per heavy atom.